The van der Waals surface area contributed by atoms with Crippen LogP contribution in [0.15, 0.2) is 79.3 Å². The number of nitrogens with zero attached hydrogens (tertiary/aromatic N) is 8. The molecular weight excluding hydrogens is 564 g/mol. The van der Waals surface area contributed by atoms with Gasteiger partial charge in [0.15, 0.2) is 17.3 Å². The van der Waals surface area contributed by atoms with Gasteiger partial charge in [0, 0.05) is 62.1 Å². The zero-order valence-electron chi connectivity index (χ0n) is 25.7. The van der Waals surface area contributed by atoms with E-state index in [1.54, 1.807) is 23.2 Å². The molecule has 0 spiro atoms. The van der Waals surface area contributed by atoms with Crippen LogP contribution in [0.2, 0.25) is 0 Å². The van der Waals surface area contributed by atoms with Crippen molar-refractivity contribution in [3.05, 3.63) is 90.4 Å². The summed E-state index contributed by atoms with van der Waals surface area (Å²) in [6.07, 6.45) is 12.9. The molecule has 1 fully saturated rings. The molecule has 5 heterocycles. The summed E-state index contributed by atoms with van der Waals surface area (Å²) in [7, 11) is 4.00. The molecular formula is C34H38N10O. The Hall–Kier alpha value is -4.87. The van der Waals surface area contributed by atoms with Crippen molar-refractivity contribution in [3.63, 3.8) is 0 Å². The zero-order chi connectivity index (χ0) is 30.9. The summed E-state index contributed by atoms with van der Waals surface area (Å²) in [6.45, 7) is 2.33. The van der Waals surface area contributed by atoms with Crippen molar-refractivity contribution in [1.29, 1.82) is 0 Å². The maximum atomic E-state index is 12.6. The summed E-state index contributed by atoms with van der Waals surface area (Å²) >= 11 is 0. The van der Waals surface area contributed by atoms with Gasteiger partial charge in [0.2, 0.25) is 5.91 Å². The Morgan fingerprint density at radius 1 is 1.07 bits per heavy atom. The lowest BCUT2D eigenvalue weighted by molar-refractivity contribution is -0.127. The number of nitrogens with two attached hydrogens (primary N) is 1. The van der Waals surface area contributed by atoms with Gasteiger partial charge in [-0.3, -0.25) is 9.36 Å². The molecule has 1 aliphatic heterocycles. The van der Waals surface area contributed by atoms with Gasteiger partial charge in [0.05, 0.1) is 5.56 Å². The number of anilines is 1. The number of fused-ring (bicyclic) bond motifs is 2. The fourth-order valence-corrected chi connectivity index (χ4v) is 6.45. The van der Waals surface area contributed by atoms with Crippen molar-refractivity contribution in [2.24, 2.45) is 0 Å². The van der Waals surface area contributed by atoms with Gasteiger partial charge in [-0.1, -0.05) is 12.1 Å². The van der Waals surface area contributed by atoms with E-state index in [2.05, 4.69) is 38.2 Å². The highest BCUT2D eigenvalue weighted by Crippen LogP contribution is 2.36. The lowest BCUT2D eigenvalue weighted by atomic mass is 10.0. The summed E-state index contributed by atoms with van der Waals surface area (Å²) in [4.78, 5) is 30.9. The number of hydrogen-bond donors (Lipinski definition) is 2. The third-order valence-corrected chi connectivity index (χ3v) is 8.75. The molecule has 5 aromatic rings. The Labute approximate surface area is 262 Å². The maximum absolute atomic E-state index is 12.6. The topological polar surface area (TPSA) is 123 Å². The highest BCUT2D eigenvalue weighted by Gasteiger charge is 2.29. The standard InChI is InChI=1S/C34H38N10O/c1-41(2)18-4-7-31(45)42-20-14-24(15-21-42)38-28-11-8-23-22-25(9-10-26(23)28)44-33(27-6-3-16-36-32(27)35)39-29-12-13-30(40-34(29)44)43-19-5-17-37-43/h3-7,9-10,12-13,16-17,19,22,24,28,38H,8,11,14-15,18,20-21H2,1-2H3,(H2,35,36)/b7-4+/t28-/m0/s1. The number of nitrogens with one attached hydrogen (secondary N) is 1. The van der Waals surface area contributed by atoms with E-state index >= 15 is 0 Å². The summed E-state index contributed by atoms with van der Waals surface area (Å²) in [5.74, 6) is 1.94. The van der Waals surface area contributed by atoms with Crippen molar-refractivity contribution in [2.45, 2.75) is 37.8 Å². The van der Waals surface area contributed by atoms with Gasteiger partial charge < -0.3 is 20.9 Å². The molecule has 1 aromatic carbocycles. The highest BCUT2D eigenvalue weighted by atomic mass is 16.2. The normalized spacial score (nSPS) is 17.1. The molecule has 1 aliphatic carbocycles. The van der Waals surface area contributed by atoms with Crippen molar-refractivity contribution in [3.8, 4) is 22.9 Å². The molecule has 1 atom stereocenters. The van der Waals surface area contributed by atoms with Crippen LogP contribution in [0, 0.1) is 0 Å². The third-order valence-electron chi connectivity index (χ3n) is 8.75. The monoisotopic (exact) mass is 602 g/mol. The minimum Gasteiger partial charge on any atom is -0.383 e. The number of carbonyl (C=O) groups is 1. The second-order valence-corrected chi connectivity index (χ2v) is 12.1. The smallest absolute Gasteiger partial charge is 0.246 e. The fourth-order valence-electron chi connectivity index (χ4n) is 6.45. The fraction of sp³-hybridized carbons (Fsp3) is 0.324. The van der Waals surface area contributed by atoms with Crippen molar-refractivity contribution in [2.75, 3.05) is 39.5 Å². The van der Waals surface area contributed by atoms with Gasteiger partial charge in [-0.2, -0.15) is 5.10 Å². The summed E-state index contributed by atoms with van der Waals surface area (Å²) in [5.41, 5.74) is 12.2. The molecule has 2 aliphatic rings. The molecule has 230 valence electrons. The number of amides is 1. The first-order valence-electron chi connectivity index (χ1n) is 15.5. The molecule has 11 heteroatoms. The number of aromatic nitrogens is 6. The average Bonchev–Trinajstić information content (AvgIpc) is 3.80. The molecule has 45 heavy (non-hydrogen) atoms. The van der Waals surface area contributed by atoms with E-state index in [9.17, 15) is 4.79 Å². The molecule has 0 unspecified atom stereocenters. The van der Waals surface area contributed by atoms with Gasteiger partial charge in [0.1, 0.15) is 11.3 Å². The molecule has 0 saturated carbocycles. The van der Waals surface area contributed by atoms with Crippen LogP contribution in [0.1, 0.15) is 36.4 Å². The minimum absolute atomic E-state index is 0.111. The van der Waals surface area contributed by atoms with Crippen LogP contribution < -0.4 is 11.1 Å². The van der Waals surface area contributed by atoms with Crippen LogP contribution >= 0.6 is 0 Å². The minimum atomic E-state index is 0.111. The number of rotatable bonds is 8. The van der Waals surface area contributed by atoms with E-state index in [1.807, 2.05) is 66.5 Å². The quantitative estimate of drug-likeness (QED) is 0.256. The molecule has 1 saturated heterocycles. The number of pyridine rings is 2. The second kappa shape index (κ2) is 12.3. The number of nitrogen functional groups attached to an aromatic ring is 1. The largest absolute Gasteiger partial charge is 0.383 e. The first kappa shape index (κ1) is 28.9. The van der Waals surface area contributed by atoms with Gasteiger partial charge in [0.25, 0.3) is 0 Å². The van der Waals surface area contributed by atoms with E-state index in [0.717, 1.165) is 67.7 Å². The maximum Gasteiger partial charge on any atom is 0.246 e. The first-order valence-corrected chi connectivity index (χ1v) is 15.5. The van der Waals surface area contributed by atoms with Crippen LogP contribution in [-0.4, -0.2) is 84.8 Å². The van der Waals surface area contributed by atoms with Crippen molar-refractivity contribution in [1.82, 2.24) is 44.4 Å². The predicted octanol–water partition coefficient (Wildman–Crippen LogP) is 3.94. The molecule has 0 bridgehead atoms. The number of likely N-dealkylation sites (N-methyl/N-ethyl adjacent to an activating group) is 1. The van der Waals surface area contributed by atoms with E-state index in [-0.39, 0.29) is 5.91 Å². The van der Waals surface area contributed by atoms with Gasteiger partial charge in [-0.15, -0.1) is 0 Å². The predicted molar refractivity (Wildman–Crippen MR) is 175 cm³/mol. The van der Waals surface area contributed by atoms with Crippen molar-refractivity contribution >= 4 is 22.9 Å². The van der Waals surface area contributed by atoms with E-state index in [0.29, 0.717) is 29.5 Å². The Morgan fingerprint density at radius 2 is 1.93 bits per heavy atom. The van der Waals surface area contributed by atoms with Crippen LogP contribution in [0.5, 0.6) is 0 Å². The number of benzene rings is 1. The molecule has 11 nitrogen and oxygen atoms in total. The molecule has 1 amide bonds. The van der Waals surface area contributed by atoms with Crippen LogP contribution in [-0.2, 0) is 11.2 Å². The van der Waals surface area contributed by atoms with Crippen LogP contribution in [0.4, 0.5) is 5.82 Å². The van der Waals surface area contributed by atoms with Crippen LogP contribution in [0.25, 0.3) is 34.1 Å². The SMILES string of the molecule is CN(C)C/C=C/C(=O)N1CCC(N[C@H]2CCc3cc(-n4c(-c5cccnc5N)nc5ccc(-n6cccn6)nc54)ccc32)CC1. The van der Waals surface area contributed by atoms with E-state index < -0.39 is 0 Å². The third kappa shape index (κ3) is 5.84. The van der Waals surface area contributed by atoms with E-state index in [1.165, 1.54) is 11.1 Å². The first-order chi connectivity index (χ1) is 21.9. The van der Waals surface area contributed by atoms with Gasteiger partial charge >= 0.3 is 0 Å². The number of aryl methyl sites for hydroxylation is 1. The number of likely N-dealkylation sites (tertiary alicyclic amines) is 1. The van der Waals surface area contributed by atoms with Crippen LogP contribution in [0.3, 0.4) is 0 Å². The second-order valence-electron chi connectivity index (χ2n) is 12.1. The lowest BCUT2D eigenvalue weighted by Gasteiger charge is -2.33. The molecule has 3 N–H and O–H groups in total. The molecule has 0 radical (unpaired) electrons. The summed E-state index contributed by atoms with van der Waals surface area (Å²) < 4.78 is 3.83. The lowest BCUT2D eigenvalue weighted by Crippen LogP contribution is -2.45. The van der Waals surface area contributed by atoms with Crippen molar-refractivity contribution < 1.29 is 4.79 Å². The zero-order valence-corrected chi connectivity index (χ0v) is 25.7. The Kier molecular flexibility index (Phi) is 7.86. The Balaban J connectivity index is 1.14. The summed E-state index contributed by atoms with van der Waals surface area (Å²) in [6, 6.07) is 16.9. The van der Waals surface area contributed by atoms with Gasteiger partial charge in [-0.25, -0.2) is 19.6 Å². The number of piperidine rings is 1. The number of carbonyl (C=O) groups excluding carboxylic acids is 1. The number of hydrogen-bond acceptors (Lipinski definition) is 8. The average molecular weight is 603 g/mol. The number of imidazole rings is 1. The molecule has 4 aromatic heterocycles. The van der Waals surface area contributed by atoms with Gasteiger partial charge in [-0.05, 0) is 93.4 Å². The Bertz CT molecular complexity index is 1850. The molecule has 7 rings (SSSR count). The van der Waals surface area contributed by atoms with E-state index in [4.69, 9.17) is 15.7 Å². The Morgan fingerprint density at radius 3 is 2.71 bits per heavy atom. The summed E-state index contributed by atoms with van der Waals surface area (Å²) in [5, 5.41) is 8.29. The highest BCUT2D eigenvalue weighted by molar-refractivity contribution is 5.87.